The summed E-state index contributed by atoms with van der Waals surface area (Å²) in [6.07, 6.45) is 1.61. The Bertz CT molecular complexity index is 2730. The molecule has 13 nitrogen and oxygen atoms in total. The molecule has 0 bridgehead atoms. The molecule has 55 heavy (non-hydrogen) atoms. The van der Waals surface area contributed by atoms with Crippen LogP contribution in [0.2, 0.25) is 5.02 Å². The molecule has 0 saturated heterocycles. The number of nitro groups is 1. The van der Waals surface area contributed by atoms with Gasteiger partial charge in [-0.05, 0) is 73.1 Å². The lowest BCUT2D eigenvalue weighted by molar-refractivity contribution is -0.384. The van der Waals surface area contributed by atoms with Gasteiger partial charge in [0.05, 0.1) is 33.4 Å². The Morgan fingerprint density at radius 3 is 2.58 bits per heavy atom. The summed E-state index contributed by atoms with van der Waals surface area (Å²) < 4.78 is 20.4. The first-order valence-corrected chi connectivity index (χ1v) is 19.1. The molecule has 276 valence electrons. The number of carbonyl (C=O) groups excluding carboxylic acids is 1. The number of rotatable bonds is 10. The van der Waals surface area contributed by atoms with E-state index < -0.39 is 22.5 Å². The third-order valence-corrected chi connectivity index (χ3v) is 11.2. The van der Waals surface area contributed by atoms with Gasteiger partial charge in [0.15, 0.2) is 27.3 Å². The average molecular weight is 793 g/mol. The summed E-state index contributed by atoms with van der Waals surface area (Å²) in [6, 6.07) is 25.2. The number of hydrogen-bond acceptors (Lipinski definition) is 12. The molecular formula is C39H29ClN6O7S2. The predicted molar refractivity (Wildman–Crippen MR) is 207 cm³/mol. The van der Waals surface area contributed by atoms with Crippen LogP contribution in [0.3, 0.4) is 0 Å². The molecular weight excluding hydrogens is 764 g/mol. The van der Waals surface area contributed by atoms with Gasteiger partial charge in [-0.3, -0.25) is 19.5 Å². The molecule has 2 aliphatic heterocycles. The molecule has 4 aromatic carbocycles. The third-order valence-electron chi connectivity index (χ3n) is 8.89. The van der Waals surface area contributed by atoms with E-state index in [9.17, 15) is 19.7 Å². The summed E-state index contributed by atoms with van der Waals surface area (Å²) in [4.78, 5) is 45.9. The van der Waals surface area contributed by atoms with Crippen LogP contribution in [0.1, 0.15) is 36.6 Å². The number of fused-ring (bicyclic) bond motifs is 2. The van der Waals surface area contributed by atoms with Crippen LogP contribution in [0.4, 0.5) is 5.69 Å². The van der Waals surface area contributed by atoms with Gasteiger partial charge in [0.1, 0.15) is 0 Å². The molecule has 0 spiro atoms. The van der Waals surface area contributed by atoms with E-state index in [0.717, 1.165) is 16.9 Å². The number of aromatic nitrogens is 4. The zero-order valence-corrected chi connectivity index (χ0v) is 31.6. The number of ether oxygens (including phenoxy) is 3. The lowest BCUT2D eigenvalue weighted by atomic mass is 9.93. The number of carbonyl (C=O) groups is 1. The van der Waals surface area contributed by atoms with Gasteiger partial charge in [0.25, 0.3) is 11.2 Å². The zero-order chi connectivity index (χ0) is 38.2. The maximum Gasteiger partial charge on any atom is 0.338 e. The molecule has 2 aromatic heterocycles. The van der Waals surface area contributed by atoms with Gasteiger partial charge in [-0.2, -0.15) is 0 Å². The lowest BCUT2D eigenvalue weighted by Crippen LogP contribution is -2.40. The van der Waals surface area contributed by atoms with Crippen molar-refractivity contribution in [1.29, 1.82) is 0 Å². The highest BCUT2D eigenvalue weighted by Gasteiger charge is 2.36. The number of thiazole rings is 1. The molecule has 0 aliphatic carbocycles. The topological polar surface area (TPSA) is 153 Å². The highest BCUT2D eigenvalue weighted by molar-refractivity contribution is 7.99. The minimum absolute atomic E-state index is 0.0391. The molecule has 6 aromatic rings. The standard InChI is InChI=1S/C39H29ClN6O7S2/c1-3-44-35(24-11-8-12-26(40)17-24)42-43-39(44)54-30-16-14-27(46(49)50)18-25(30)20-31-36(47)45-34(23-13-15-28-29(19-23)53-21-52-28)32(37(48)51-4-2)33(41-38(45)55-31)22-9-6-5-7-10-22/h5-20,34H,3-4,21H2,1-2H3/b31-20+/t34-/m0/s1. The van der Waals surface area contributed by atoms with Crippen molar-refractivity contribution in [3.05, 3.63) is 148 Å². The predicted octanol–water partition coefficient (Wildman–Crippen LogP) is 6.66. The minimum atomic E-state index is -0.964. The molecule has 0 N–H and O–H groups in total. The average Bonchev–Trinajstić information content (AvgIpc) is 3.91. The van der Waals surface area contributed by atoms with Gasteiger partial charge < -0.3 is 18.8 Å². The number of non-ortho nitro benzene ring substituents is 1. The van der Waals surface area contributed by atoms with E-state index >= 15 is 0 Å². The van der Waals surface area contributed by atoms with E-state index in [1.165, 1.54) is 28.5 Å². The van der Waals surface area contributed by atoms with Crippen molar-refractivity contribution in [2.24, 2.45) is 4.99 Å². The van der Waals surface area contributed by atoms with Crippen molar-refractivity contribution in [3.8, 4) is 22.9 Å². The van der Waals surface area contributed by atoms with Crippen LogP contribution in [0.15, 0.2) is 116 Å². The van der Waals surface area contributed by atoms with Crippen LogP contribution < -0.4 is 24.4 Å². The summed E-state index contributed by atoms with van der Waals surface area (Å²) in [6.45, 7) is 4.34. The number of nitro benzene ring substituents is 1. The van der Waals surface area contributed by atoms with Gasteiger partial charge in [-0.15, -0.1) is 10.2 Å². The van der Waals surface area contributed by atoms with Crippen molar-refractivity contribution in [1.82, 2.24) is 19.3 Å². The first kappa shape index (κ1) is 36.0. The summed E-state index contributed by atoms with van der Waals surface area (Å²) >= 11 is 8.64. The fourth-order valence-corrected chi connectivity index (χ4v) is 8.58. The summed E-state index contributed by atoms with van der Waals surface area (Å²) in [5, 5.41) is 22.0. The van der Waals surface area contributed by atoms with Crippen LogP contribution in [0, 0.1) is 10.1 Å². The van der Waals surface area contributed by atoms with Crippen molar-refractivity contribution in [2.75, 3.05) is 13.4 Å². The van der Waals surface area contributed by atoms with Crippen molar-refractivity contribution >= 4 is 58.1 Å². The third kappa shape index (κ3) is 6.81. The van der Waals surface area contributed by atoms with Gasteiger partial charge in [0.2, 0.25) is 6.79 Å². The molecule has 0 amide bonds. The highest BCUT2D eigenvalue weighted by Crippen LogP contribution is 2.40. The Balaban J connectivity index is 1.31. The van der Waals surface area contributed by atoms with Crippen molar-refractivity contribution < 1.29 is 23.9 Å². The van der Waals surface area contributed by atoms with Crippen LogP contribution >= 0.6 is 34.7 Å². The summed E-state index contributed by atoms with van der Waals surface area (Å²) in [5.41, 5.74) is 2.34. The number of benzene rings is 4. The molecule has 0 radical (unpaired) electrons. The van der Waals surface area contributed by atoms with Crippen LogP contribution in [-0.4, -0.2) is 43.6 Å². The summed E-state index contributed by atoms with van der Waals surface area (Å²) in [7, 11) is 0. The second-order valence-electron chi connectivity index (χ2n) is 12.2. The molecule has 0 fully saturated rings. The van der Waals surface area contributed by atoms with E-state index in [-0.39, 0.29) is 29.2 Å². The minimum Gasteiger partial charge on any atom is -0.463 e. The highest BCUT2D eigenvalue weighted by atomic mass is 35.5. The first-order chi connectivity index (χ1) is 26.7. The number of esters is 1. The molecule has 4 heterocycles. The van der Waals surface area contributed by atoms with Crippen molar-refractivity contribution in [2.45, 2.75) is 36.5 Å². The maximum atomic E-state index is 14.7. The zero-order valence-electron chi connectivity index (χ0n) is 29.2. The van der Waals surface area contributed by atoms with E-state index in [2.05, 4.69) is 10.2 Å². The number of halogens is 1. The van der Waals surface area contributed by atoms with Gasteiger partial charge in [-0.1, -0.05) is 71.5 Å². The van der Waals surface area contributed by atoms with Gasteiger partial charge >= 0.3 is 5.97 Å². The normalized spacial score (nSPS) is 14.8. The van der Waals surface area contributed by atoms with Gasteiger partial charge in [0, 0.05) is 39.7 Å². The Kier molecular flexibility index (Phi) is 9.82. The van der Waals surface area contributed by atoms with Crippen LogP contribution in [0.5, 0.6) is 11.5 Å². The fraction of sp³-hybridized carbons (Fsp3) is 0.154. The van der Waals surface area contributed by atoms with Gasteiger partial charge in [-0.25, -0.2) is 9.79 Å². The van der Waals surface area contributed by atoms with E-state index in [4.69, 9.17) is 30.8 Å². The Morgan fingerprint density at radius 2 is 1.82 bits per heavy atom. The number of hydrogen-bond donors (Lipinski definition) is 0. The number of nitrogens with zero attached hydrogens (tertiary/aromatic N) is 6. The second kappa shape index (κ2) is 15.0. The maximum absolute atomic E-state index is 14.7. The largest absolute Gasteiger partial charge is 0.463 e. The molecule has 0 unspecified atom stereocenters. The Hall–Kier alpha value is -6.03. The first-order valence-electron chi connectivity index (χ1n) is 17.1. The molecule has 0 saturated carbocycles. The van der Waals surface area contributed by atoms with E-state index in [0.29, 0.717) is 66.1 Å². The van der Waals surface area contributed by atoms with Crippen LogP contribution in [-0.2, 0) is 16.1 Å². The monoisotopic (exact) mass is 792 g/mol. The fourth-order valence-electron chi connectivity index (χ4n) is 6.42. The molecule has 16 heteroatoms. The smallest absolute Gasteiger partial charge is 0.338 e. The molecule has 8 rings (SSSR count). The summed E-state index contributed by atoms with van der Waals surface area (Å²) in [5.74, 6) is 0.990. The van der Waals surface area contributed by atoms with E-state index in [1.54, 1.807) is 49.4 Å². The van der Waals surface area contributed by atoms with E-state index in [1.807, 2.05) is 54.0 Å². The molecule has 2 aliphatic rings. The SMILES string of the molecule is CCOC(=O)C1=C(c2ccccc2)N=c2s/c(=C/c3cc([N+](=O)[O-])ccc3Sc3nnc(-c4cccc(Cl)c4)n3CC)c(=O)n2[C@H]1c1ccc2c(c1)OCO2. The Labute approximate surface area is 326 Å². The van der Waals surface area contributed by atoms with Crippen LogP contribution in [0.25, 0.3) is 23.2 Å². The lowest BCUT2D eigenvalue weighted by Gasteiger charge is -2.26. The van der Waals surface area contributed by atoms with Crippen molar-refractivity contribution in [3.63, 3.8) is 0 Å². The second-order valence-corrected chi connectivity index (χ2v) is 14.6. The quantitative estimate of drug-likeness (QED) is 0.0837. The Morgan fingerprint density at radius 1 is 1.02 bits per heavy atom. The molecule has 1 atom stereocenters.